The topological polar surface area (TPSA) is 140 Å². The largest absolute Gasteiger partial charge is 0.490 e. The van der Waals surface area contributed by atoms with Crippen molar-refractivity contribution in [3.63, 3.8) is 0 Å². The average Bonchev–Trinajstić information content (AvgIpc) is 2.82. The third-order valence-corrected chi connectivity index (χ3v) is 7.10. The van der Waals surface area contributed by atoms with E-state index in [1.807, 2.05) is 40.9 Å². The van der Waals surface area contributed by atoms with Crippen LogP contribution in [-0.4, -0.2) is 97.2 Å². The lowest BCUT2D eigenvalue weighted by atomic mass is 9.92. The Kier molecular flexibility index (Phi) is 11.1. The fourth-order valence-electron chi connectivity index (χ4n) is 4.74. The fraction of sp³-hybridized carbons (Fsp3) is 0.692. The summed E-state index contributed by atoms with van der Waals surface area (Å²) in [4.78, 5) is 40.9. The standard InChI is InChI=1S/C26H42N4O8/c1-17-14-24(18(2)19(3)25(17)37-21(5)31)36-16-23(32)15-30(6,7)13-10-27-26(33)28-11-8-22(9-12-28)20(4)38-29(34)35/h14,20,22-23,32H,8-13,15-16H2,1-7H3/p+1. The van der Waals surface area contributed by atoms with Gasteiger partial charge in [0.15, 0.2) is 0 Å². The molecule has 1 fully saturated rings. The lowest BCUT2D eigenvalue weighted by Crippen LogP contribution is -2.52. The van der Waals surface area contributed by atoms with Crippen LogP contribution in [0.1, 0.15) is 43.4 Å². The van der Waals surface area contributed by atoms with Crippen molar-refractivity contribution in [1.29, 1.82) is 0 Å². The molecule has 0 radical (unpaired) electrons. The summed E-state index contributed by atoms with van der Waals surface area (Å²) in [6.45, 7) is 11.3. The third-order valence-electron chi connectivity index (χ3n) is 7.10. The van der Waals surface area contributed by atoms with Crippen molar-refractivity contribution < 1.29 is 38.6 Å². The lowest BCUT2D eigenvalue weighted by molar-refractivity contribution is -0.892. The van der Waals surface area contributed by atoms with E-state index in [2.05, 4.69) is 10.2 Å². The predicted octanol–water partition coefficient (Wildman–Crippen LogP) is 2.37. The maximum atomic E-state index is 12.6. The summed E-state index contributed by atoms with van der Waals surface area (Å²) in [6, 6.07) is 1.65. The van der Waals surface area contributed by atoms with Crippen molar-refractivity contribution >= 4 is 12.0 Å². The first-order valence-corrected chi connectivity index (χ1v) is 13.0. The van der Waals surface area contributed by atoms with Gasteiger partial charge in [-0.15, -0.1) is 10.1 Å². The number of nitrogens with zero attached hydrogens (tertiary/aromatic N) is 3. The van der Waals surface area contributed by atoms with Crippen molar-refractivity contribution in [1.82, 2.24) is 10.2 Å². The Morgan fingerprint density at radius 3 is 2.45 bits per heavy atom. The Morgan fingerprint density at radius 1 is 1.24 bits per heavy atom. The third kappa shape index (κ3) is 9.32. The van der Waals surface area contributed by atoms with E-state index >= 15 is 0 Å². The minimum atomic E-state index is -0.764. The molecule has 0 aromatic heterocycles. The number of likely N-dealkylation sites (N-methyl/N-ethyl adjacent to an activating group) is 1. The summed E-state index contributed by atoms with van der Waals surface area (Å²) in [7, 11) is 3.95. The zero-order valence-corrected chi connectivity index (χ0v) is 23.6. The number of piperidine rings is 1. The predicted molar refractivity (Wildman–Crippen MR) is 141 cm³/mol. The zero-order valence-electron chi connectivity index (χ0n) is 23.6. The van der Waals surface area contributed by atoms with Gasteiger partial charge in [0.25, 0.3) is 5.09 Å². The molecule has 2 atom stereocenters. The van der Waals surface area contributed by atoms with Gasteiger partial charge in [0.1, 0.15) is 36.9 Å². The number of aryl methyl sites for hydroxylation is 1. The van der Waals surface area contributed by atoms with Crippen molar-refractivity contribution in [2.24, 2.45) is 5.92 Å². The Labute approximate surface area is 224 Å². The number of quaternary nitrogens is 1. The minimum absolute atomic E-state index is 0.0483. The van der Waals surface area contributed by atoms with E-state index in [9.17, 15) is 24.8 Å². The molecule has 1 heterocycles. The van der Waals surface area contributed by atoms with Crippen LogP contribution in [0.2, 0.25) is 0 Å². The maximum absolute atomic E-state index is 12.6. The molecule has 1 saturated heterocycles. The molecule has 0 bridgehead atoms. The number of rotatable bonds is 12. The summed E-state index contributed by atoms with van der Waals surface area (Å²) in [5, 5.41) is 23.3. The van der Waals surface area contributed by atoms with Crippen molar-refractivity contribution in [3.05, 3.63) is 32.9 Å². The van der Waals surface area contributed by atoms with E-state index in [1.165, 1.54) is 6.92 Å². The van der Waals surface area contributed by atoms with E-state index in [1.54, 1.807) is 11.8 Å². The Balaban J connectivity index is 1.77. The zero-order chi connectivity index (χ0) is 28.6. The molecule has 0 spiro atoms. The monoisotopic (exact) mass is 539 g/mol. The molecule has 1 aliphatic rings. The van der Waals surface area contributed by atoms with E-state index < -0.39 is 17.3 Å². The molecule has 38 heavy (non-hydrogen) atoms. The Morgan fingerprint density at radius 2 is 1.87 bits per heavy atom. The molecular weight excluding hydrogens is 496 g/mol. The molecule has 1 aliphatic heterocycles. The summed E-state index contributed by atoms with van der Waals surface area (Å²) < 4.78 is 11.7. The number of hydrogen-bond acceptors (Lipinski definition) is 8. The second-order valence-electron chi connectivity index (χ2n) is 10.8. The minimum Gasteiger partial charge on any atom is -0.490 e. The van der Waals surface area contributed by atoms with Gasteiger partial charge in [0.05, 0.1) is 27.2 Å². The van der Waals surface area contributed by atoms with Gasteiger partial charge in [-0.1, -0.05) is 0 Å². The van der Waals surface area contributed by atoms with Crippen LogP contribution in [0.15, 0.2) is 6.07 Å². The first kappa shape index (κ1) is 31.1. The molecule has 12 nitrogen and oxygen atoms in total. The smallest absolute Gasteiger partial charge is 0.317 e. The summed E-state index contributed by atoms with van der Waals surface area (Å²) >= 11 is 0. The molecule has 2 amide bonds. The van der Waals surface area contributed by atoms with Crippen LogP contribution in [0.25, 0.3) is 0 Å². The van der Waals surface area contributed by atoms with Gasteiger partial charge in [0, 0.05) is 20.0 Å². The quantitative estimate of drug-likeness (QED) is 0.136. The normalized spacial score (nSPS) is 15.9. The molecule has 2 N–H and O–H groups in total. The van der Waals surface area contributed by atoms with Gasteiger partial charge in [-0.05, 0) is 69.2 Å². The first-order valence-electron chi connectivity index (χ1n) is 13.0. The number of benzene rings is 1. The number of esters is 1. The summed E-state index contributed by atoms with van der Waals surface area (Å²) in [5.74, 6) is 0.837. The molecule has 2 unspecified atom stereocenters. The summed E-state index contributed by atoms with van der Waals surface area (Å²) in [6.07, 6.45) is 0.0968. The van der Waals surface area contributed by atoms with Crippen LogP contribution in [0.5, 0.6) is 11.5 Å². The van der Waals surface area contributed by atoms with Gasteiger partial charge < -0.3 is 34.1 Å². The molecule has 1 aromatic rings. The number of carbonyl (C=O) groups is 2. The molecule has 2 rings (SSSR count). The second kappa shape index (κ2) is 13.6. The van der Waals surface area contributed by atoms with Gasteiger partial charge >= 0.3 is 12.0 Å². The highest BCUT2D eigenvalue weighted by atomic mass is 17.0. The second-order valence-corrected chi connectivity index (χ2v) is 10.8. The van der Waals surface area contributed by atoms with Crippen LogP contribution in [0, 0.1) is 36.8 Å². The Bertz CT molecular complexity index is 992. The Hall–Kier alpha value is -3.12. The van der Waals surface area contributed by atoms with Crippen molar-refractivity contribution in [3.8, 4) is 11.5 Å². The van der Waals surface area contributed by atoms with E-state index in [0.717, 1.165) is 16.7 Å². The van der Waals surface area contributed by atoms with Gasteiger partial charge in [-0.25, -0.2) is 4.79 Å². The number of amides is 2. The molecule has 0 saturated carbocycles. The number of aliphatic hydroxyl groups is 1. The number of ether oxygens (including phenoxy) is 2. The maximum Gasteiger partial charge on any atom is 0.317 e. The molecular formula is C26H43N4O8+. The van der Waals surface area contributed by atoms with Crippen molar-refractivity contribution in [2.45, 2.75) is 59.7 Å². The highest BCUT2D eigenvalue weighted by Gasteiger charge is 2.28. The molecule has 0 aliphatic carbocycles. The van der Waals surface area contributed by atoms with Crippen LogP contribution in [-0.2, 0) is 9.63 Å². The van der Waals surface area contributed by atoms with E-state index in [-0.39, 0.29) is 24.5 Å². The number of aliphatic hydroxyl groups excluding tert-OH is 1. The number of likely N-dealkylation sites (tertiary alicyclic amines) is 1. The summed E-state index contributed by atoms with van der Waals surface area (Å²) in [5.41, 5.74) is 2.45. The van der Waals surface area contributed by atoms with E-state index in [0.29, 0.717) is 61.5 Å². The van der Waals surface area contributed by atoms with Crippen LogP contribution in [0.3, 0.4) is 0 Å². The van der Waals surface area contributed by atoms with Crippen LogP contribution >= 0.6 is 0 Å². The number of hydrogen-bond donors (Lipinski definition) is 2. The van der Waals surface area contributed by atoms with Crippen LogP contribution in [0.4, 0.5) is 4.79 Å². The number of urea groups is 1. The number of nitrogens with one attached hydrogen (secondary N) is 1. The molecule has 12 heteroatoms. The highest BCUT2D eigenvalue weighted by molar-refractivity contribution is 5.74. The van der Waals surface area contributed by atoms with Gasteiger partial charge in [-0.3, -0.25) is 4.79 Å². The van der Waals surface area contributed by atoms with Gasteiger partial charge in [0.2, 0.25) is 0 Å². The lowest BCUT2D eigenvalue weighted by Gasteiger charge is -2.35. The molecule has 214 valence electrons. The van der Waals surface area contributed by atoms with Crippen molar-refractivity contribution in [2.75, 3.05) is 53.4 Å². The SMILES string of the molecule is CC(=O)Oc1c(C)cc(OCC(O)C[N+](C)(C)CCNC(=O)N2CCC(C(C)O[N+](=O)[O-])CC2)c(C)c1C. The fourth-order valence-corrected chi connectivity index (χ4v) is 4.74. The van der Waals surface area contributed by atoms with Gasteiger partial charge in [-0.2, -0.15) is 0 Å². The molecule has 1 aromatic carbocycles. The first-order chi connectivity index (χ1) is 17.7. The van der Waals surface area contributed by atoms with Crippen LogP contribution < -0.4 is 14.8 Å². The number of carbonyl (C=O) groups excluding carboxylic acids is 2. The van der Waals surface area contributed by atoms with E-state index in [4.69, 9.17) is 9.47 Å². The highest BCUT2D eigenvalue weighted by Crippen LogP contribution is 2.33. The average molecular weight is 540 g/mol.